The average molecular weight is 256 g/mol. The minimum atomic E-state index is -3.27. The third-order valence-electron chi connectivity index (χ3n) is 2.82. The molecule has 0 aliphatic heterocycles. The first-order chi connectivity index (χ1) is 8.01. The minimum absolute atomic E-state index is 0.114. The second-order valence-corrected chi connectivity index (χ2v) is 5.96. The Balaban J connectivity index is 2.80. The van der Waals surface area contributed by atoms with Crippen LogP contribution in [0.25, 0.3) is 0 Å². The van der Waals surface area contributed by atoms with E-state index in [1.807, 2.05) is 13.8 Å². The van der Waals surface area contributed by atoms with Crippen molar-refractivity contribution >= 4 is 15.5 Å². The third kappa shape index (κ3) is 3.71. The third-order valence-corrected chi connectivity index (χ3v) is 4.59. The Labute approximate surface area is 103 Å². The van der Waals surface area contributed by atoms with E-state index in [2.05, 4.69) is 4.90 Å². The number of nitrogens with zero attached hydrogens (tertiary/aromatic N) is 1. The first kappa shape index (κ1) is 14.0. The van der Waals surface area contributed by atoms with E-state index < -0.39 is 9.84 Å². The van der Waals surface area contributed by atoms with Crippen molar-refractivity contribution in [1.82, 2.24) is 4.90 Å². The fourth-order valence-electron chi connectivity index (χ4n) is 1.66. The zero-order chi connectivity index (χ0) is 12.9. The predicted octanol–water partition coefficient (Wildman–Crippen LogP) is 1.38. The first-order valence-electron chi connectivity index (χ1n) is 5.81. The molecular weight excluding hydrogens is 236 g/mol. The van der Waals surface area contributed by atoms with Crippen LogP contribution in [0.4, 0.5) is 5.69 Å². The lowest BCUT2D eigenvalue weighted by Crippen LogP contribution is -2.29. The summed E-state index contributed by atoms with van der Waals surface area (Å²) in [6.45, 7) is 6.30. The van der Waals surface area contributed by atoms with Crippen molar-refractivity contribution in [2.24, 2.45) is 0 Å². The Morgan fingerprint density at radius 1 is 1.18 bits per heavy atom. The summed E-state index contributed by atoms with van der Waals surface area (Å²) in [6.07, 6.45) is 0. The van der Waals surface area contributed by atoms with Gasteiger partial charge in [-0.2, -0.15) is 0 Å². The molecule has 2 N–H and O–H groups in total. The summed E-state index contributed by atoms with van der Waals surface area (Å²) in [4.78, 5) is 2.32. The molecule has 0 heterocycles. The first-order valence-corrected chi connectivity index (χ1v) is 7.46. The van der Waals surface area contributed by atoms with Crippen LogP contribution < -0.4 is 5.73 Å². The molecule has 0 atom stereocenters. The fraction of sp³-hybridized carbons (Fsp3) is 0.500. The van der Waals surface area contributed by atoms with Crippen LogP contribution in [0.5, 0.6) is 0 Å². The molecule has 0 spiro atoms. The Hall–Kier alpha value is -1.07. The number of nitrogen functional groups attached to an aromatic ring is 1. The second kappa shape index (κ2) is 6.02. The molecule has 4 nitrogen and oxygen atoms in total. The molecule has 0 saturated heterocycles. The molecule has 0 fully saturated rings. The summed E-state index contributed by atoms with van der Waals surface area (Å²) in [5.41, 5.74) is 6.01. The van der Waals surface area contributed by atoms with Gasteiger partial charge in [-0.3, -0.25) is 0 Å². The van der Waals surface area contributed by atoms with Gasteiger partial charge in [0, 0.05) is 6.54 Å². The number of rotatable bonds is 6. The van der Waals surface area contributed by atoms with Crippen molar-refractivity contribution in [3.05, 3.63) is 24.3 Å². The van der Waals surface area contributed by atoms with Gasteiger partial charge in [0.05, 0.1) is 16.3 Å². The standard InChI is InChI=1S/C12H20N2O2S/c1-3-14(4-2)9-10-17(15,16)12-8-6-5-7-11(12)13/h5-8H,3-4,9-10,13H2,1-2H3. The van der Waals surface area contributed by atoms with Crippen LogP contribution in [-0.4, -0.2) is 38.7 Å². The quantitative estimate of drug-likeness (QED) is 0.781. The highest BCUT2D eigenvalue weighted by molar-refractivity contribution is 7.91. The molecule has 0 aliphatic carbocycles. The van der Waals surface area contributed by atoms with Crippen molar-refractivity contribution in [2.45, 2.75) is 18.7 Å². The number of anilines is 1. The summed E-state index contributed by atoms with van der Waals surface area (Å²) in [5.74, 6) is 0.114. The molecule has 0 aromatic heterocycles. The van der Waals surface area contributed by atoms with E-state index in [-0.39, 0.29) is 10.6 Å². The molecule has 1 aromatic carbocycles. The highest BCUT2D eigenvalue weighted by atomic mass is 32.2. The van der Waals surface area contributed by atoms with Crippen molar-refractivity contribution in [2.75, 3.05) is 31.1 Å². The number of benzene rings is 1. The van der Waals surface area contributed by atoms with E-state index in [0.717, 1.165) is 13.1 Å². The van der Waals surface area contributed by atoms with Gasteiger partial charge in [0.25, 0.3) is 0 Å². The van der Waals surface area contributed by atoms with Gasteiger partial charge >= 0.3 is 0 Å². The van der Waals surface area contributed by atoms with Gasteiger partial charge in [-0.05, 0) is 25.2 Å². The SMILES string of the molecule is CCN(CC)CCS(=O)(=O)c1ccccc1N. The molecule has 17 heavy (non-hydrogen) atoms. The molecule has 1 aromatic rings. The van der Waals surface area contributed by atoms with Crippen molar-refractivity contribution in [1.29, 1.82) is 0 Å². The molecule has 5 heteroatoms. The maximum absolute atomic E-state index is 12.1. The van der Waals surface area contributed by atoms with E-state index in [1.54, 1.807) is 24.3 Å². The highest BCUT2D eigenvalue weighted by Crippen LogP contribution is 2.18. The van der Waals surface area contributed by atoms with Crippen LogP contribution in [-0.2, 0) is 9.84 Å². The normalized spacial score (nSPS) is 11.9. The Bertz CT molecular complexity index is 453. The van der Waals surface area contributed by atoms with Gasteiger partial charge in [-0.1, -0.05) is 26.0 Å². The summed E-state index contributed by atoms with van der Waals surface area (Å²) in [6, 6.07) is 6.61. The number of sulfone groups is 1. The lowest BCUT2D eigenvalue weighted by Gasteiger charge is -2.17. The average Bonchev–Trinajstić information content (AvgIpc) is 2.30. The smallest absolute Gasteiger partial charge is 0.181 e. The Morgan fingerprint density at radius 3 is 2.29 bits per heavy atom. The summed E-state index contributed by atoms with van der Waals surface area (Å²) >= 11 is 0. The van der Waals surface area contributed by atoms with Gasteiger partial charge in [-0.15, -0.1) is 0 Å². The van der Waals surface area contributed by atoms with E-state index in [0.29, 0.717) is 12.2 Å². The predicted molar refractivity (Wildman–Crippen MR) is 70.7 cm³/mol. The Morgan fingerprint density at radius 2 is 1.76 bits per heavy atom. The number of hydrogen-bond donors (Lipinski definition) is 1. The second-order valence-electron chi connectivity index (χ2n) is 3.88. The van der Waals surface area contributed by atoms with Crippen molar-refractivity contribution in [3.8, 4) is 0 Å². The van der Waals surface area contributed by atoms with Crippen LogP contribution >= 0.6 is 0 Å². The molecule has 96 valence electrons. The van der Waals surface area contributed by atoms with Gasteiger partial charge in [0.15, 0.2) is 9.84 Å². The molecule has 0 aliphatic rings. The molecule has 0 radical (unpaired) electrons. The zero-order valence-electron chi connectivity index (χ0n) is 10.4. The largest absolute Gasteiger partial charge is 0.398 e. The maximum Gasteiger partial charge on any atom is 0.181 e. The minimum Gasteiger partial charge on any atom is -0.398 e. The van der Waals surface area contributed by atoms with Gasteiger partial charge in [0.2, 0.25) is 0 Å². The molecule has 1 rings (SSSR count). The summed E-state index contributed by atoms with van der Waals surface area (Å²) in [7, 11) is -3.27. The lowest BCUT2D eigenvalue weighted by molar-refractivity contribution is 0.321. The van der Waals surface area contributed by atoms with Crippen LogP contribution in [0.15, 0.2) is 29.2 Å². The van der Waals surface area contributed by atoms with Crippen LogP contribution in [0.3, 0.4) is 0 Å². The van der Waals surface area contributed by atoms with E-state index in [1.165, 1.54) is 0 Å². The van der Waals surface area contributed by atoms with E-state index >= 15 is 0 Å². The zero-order valence-corrected chi connectivity index (χ0v) is 11.2. The molecule has 0 unspecified atom stereocenters. The molecule has 0 amide bonds. The van der Waals surface area contributed by atoms with Crippen LogP contribution in [0.2, 0.25) is 0 Å². The van der Waals surface area contributed by atoms with Crippen molar-refractivity contribution < 1.29 is 8.42 Å². The molecule has 0 saturated carbocycles. The topological polar surface area (TPSA) is 63.4 Å². The van der Waals surface area contributed by atoms with Gasteiger partial charge < -0.3 is 10.6 Å². The van der Waals surface area contributed by atoms with E-state index in [4.69, 9.17) is 5.73 Å². The summed E-state index contributed by atoms with van der Waals surface area (Å²) in [5, 5.41) is 0. The summed E-state index contributed by atoms with van der Waals surface area (Å²) < 4.78 is 24.2. The van der Waals surface area contributed by atoms with Gasteiger partial charge in [-0.25, -0.2) is 8.42 Å². The van der Waals surface area contributed by atoms with E-state index in [9.17, 15) is 8.42 Å². The number of hydrogen-bond acceptors (Lipinski definition) is 4. The molecule has 0 bridgehead atoms. The highest BCUT2D eigenvalue weighted by Gasteiger charge is 2.17. The molecular formula is C12H20N2O2S. The van der Waals surface area contributed by atoms with Crippen molar-refractivity contribution in [3.63, 3.8) is 0 Å². The Kier molecular flexibility index (Phi) is 4.96. The van der Waals surface area contributed by atoms with Crippen LogP contribution in [0.1, 0.15) is 13.8 Å². The number of para-hydroxylation sites is 1. The lowest BCUT2D eigenvalue weighted by atomic mass is 10.3. The van der Waals surface area contributed by atoms with Gasteiger partial charge in [0.1, 0.15) is 0 Å². The van der Waals surface area contributed by atoms with Crippen LogP contribution in [0, 0.1) is 0 Å². The monoisotopic (exact) mass is 256 g/mol. The number of nitrogens with two attached hydrogens (primary N) is 1. The maximum atomic E-state index is 12.1. The fourth-order valence-corrected chi connectivity index (χ4v) is 3.09.